The van der Waals surface area contributed by atoms with Crippen LogP contribution in [0.25, 0.3) is 0 Å². The van der Waals surface area contributed by atoms with Gasteiger partial charge in [-0.1, -0.05) is 0 Å². The van der Waals surface area contributed by atoms with Gasteiger partial charge in [-0.3, -0.25) is 4.68 Å². The molecule has 1 fully saturated rings. The maximum absolute atomic E-state index is 4.19. The summed E-state index contributed by atoms with van der Waals surface area (Å²) in [5.74, 6) is 0. The van der Waals surface area contributed by atoms with Crippen LogP contribution < -0.4 is 0 Å². The van der Waals surface area contributed by atoms with Gasteiger partial charge in [0.05, 0.1) is 15.9 Å². The van der Waals surface area contributed by atoms with Crippen molar-refractivity contribution in [3.05, 3.63) is 16.0 Å². The Morgan fingerprint density at radius 3 is 2.89 bits per heavy atom. The highest BCUT2D eigenvalue weighted by Crippen LogP contribution is 2.35. The van der Waals surface area contributed by atoms with Crippen molar-refractivity contribution in [3.63, 3.8) is 0 Å². The first-order chi connectivity index (χ1) is 4.38. The number of nitrogens with zero attached hydrogens (tertiary/aromatic N) is 2. The molecular weight excluding hydrogens is 227 g/mol. The number of halogens is 1. The second-order valence-corrected chi connectivity index (χ2v) is 3.43. The summed E-state index contributed by atoms with van der Waals surface area (Å²) in [6.45, 7) is 0. The summed E-state index contributed by atoms with van der Waals surface area (Å²) in [6.07, 6.45) is 4.50. The van der Waals surface area contributed by atoms with E-state index in [1.807, 2.05) is 12.3 Å². The average Bonchev–Trinajstić information content (AvgIpc) is 2.58. The molecule has 3 heteroatoms. The Labute approximate surface area is 67.4 Å². The number of aromatic nitrogens is 2. The third-order valence-corrected chi connectivity index (χ3v) is 2.37. The largest absolute Gasteiger partial charge is 0.256 e. The minimum atomic E-state index is 0.729. The van der Waals surface area contributed by atoms with E-state index in [4.69, 9.17) is 0 Å². The van der Waals surface area contributed by atoms with E-state index in [1.165, 1.54) is 16.5 Å². The van der Waals surface area contributed by atoms with Crippen LogP contribution in [-0.2, 0) is 0 Å². The second-order valence-electron chi connectivity index (χ2n) is 2.33. The fourth-order valence-corrected chi connectivity index (χ4v) is 1.57. The van der Waals surface area contributed by atoms with Crippen LogP contribution in [0.2, 0.25) is 0 Å². The van der Waals surface area contributed by atoms with Crippen LogP contribution in [0.4, 0.5) is 0 Å². The van der Waals surface area contributed by atoms with E-state index in [1.54, 1.807) is 0 Å². The third-order valence-electron chi connectivity index (χ3n) is 1.51. The smallest absolute Gasteiger partial charge is 0.0992 e. The lowest BCUT2D eigenvalue weighted by Crippen LogP contribution is -1.97. The topological polar surface area (TPSA) is 17.8 Å². The van der Waals surface area contributed by atoms with Crippen LogP contribution in [0.15, 0.2) is 12.3 Å². The minimum Gasteiger partial charge on any atom is -0.256 e. The molecule has 1 aliphatic rings. The summed E-state index contributed by atoms with van der Waals surface area (Å²) in [5, 5.41) is 4.19. The Kier molecular flexibility index (Phi) is 1.25. The summed E-state index contributed by atoms with van der Waals surface area (Å²) in [6, 6.07) is 2.77. The Bertz CT molecular complexity index is 215. The normalized spacial score (nSPS) is 18.3. The molecule has 1 heterocycles. The summed E-state index contributed by atoms with van der Waals surface area (Å²) in [5.41, 5.74) is 0. The Morgan fingerprint density at radius 1 is 1.67 bits per heavy atom. The lowest BCUT2D eigenvalue weighted by molar-refractivity contribution is 0.626. The minimum absolute atomic E-state index is 0.729. The standard InChI is InChI=1S/C6H7IN2/c7-6-3-4-8-9(6)5-1-2-5/h3-5H,1-2H2. The van der Waals surface area contributed by atoms with Crippen molar-refractivity contribution in [2.45, 2.75) is 18.9 Å². The molecule has 0 spiro atoms. The predicted molar refractivity (Wildman–Crippen MR) is 43.2 cm³/mol. The van der Waals surface area contributed by atoms with Gasteiger partial charge >= 0.3 is 0 Å². The molecule has 1 aromatic heterocycles. The predicted octanol–water partition coefficient (Wildman–Crippen LogP) is 1.82. The molecule has 0 N–H and O–H groups in total. The summed E-state index contributed by atoms with van der Waals surface area (Å²) < 4.78 is 3.36. The molecule has 0 radical (unpaired) electrons. The van der Waals surface area contributed by atoms with Crippen molar-refractivity contribution in [2.24, 2.45) is 0 Å². The van der Waals surface area contributed by atoms with Crippen LogP contribution in [0, 0.1) is 3.70 Å². The van der Waals surface area contributed by atoms with E-state index in [-0.39, 0.29) is 0 Å². The molecule has 1 saturated carbocycles. The molecule has 2 nitrogen and oxygen atoms in total. The van der Waals surface area contributed by atoms with E-state index >= 15 is 0 Å². The first-order valence-corrected chi connectivity index (χ1v) is 4.15. The highest BCUT2D eigenvalue weighted by molar-refractivity contribution is 14.1. The molecule has 2 rings (SSSR count). The summed E-state index contributed by atoms with van der Waals surface area (Å²) in [4.78, 5) is 0. The number of hydrogen-bond donors (Lipinski definition) is 0. The molecule has 0 saturated heterocycles. The highest BCUT2D eigenvalue weighted by atomic mass is 127. The Balaban J connectivity index is 2.35. The molecule has 0 atom stereocenters. The SMILES string of the molecule is Ic1ccnn1C1CC1. The van der Waals surface area contributed by atoms with Gasteiger partial charge in [0, 0.05) is 0 Å². The van der Waals surface area contributed by atoms with E-state index in [2.05, 4.69) is 32.4 Å². The van der Waals surface area contributed by atoms with Crippen molar-refractivity contribution < 1.29 is 0 Å². The molecule has 1 aromatic rings. The van der Waals surface area contributed by atoms with Gasteiger partial charge in [0.15, 0.2) is 0 Å². The van der Waals surface area contributed by atoms with Crippen LogP contribution in [0.5, 0.6) is 0 Å². The average molecular weight is 234 g/mol. The molecule has 9 heavy (non-hydrogen) atoms. The lowest BCUT2D eigenvalue weighted by atomic mass is 10.7. The van der Waals surface area contributed by atoms with Gasteiger partial charge in [-0.25, -0.2) is 0 Å². The van der Waals surface area contributed by atoms with Crippen molar-refractivity contribution >= 4 is 22.6 Å². The van der Waals surface area contributed by atoms with Gasteiger partial charge in [-0.15, -0.1) is 0 Å². The zero-order valence-electron chi connectivity index (χ0n) is 4.92. The van der Waals surface area contributed by atoms with Crippen molar-refractivity contribution in [1.29, 1.82) is 0 Å². The Morgan fingerprint density at radius 2 is 2.44 bits per heavy atom. The monoisotopic (exact) mass is 234 g/mol. The molecular formula is C6H7IN2. The van der Waals surface area contributed by atoms with E-state index < -0.39 is 0 Å². The molecule has 0 unspecified atom stereocenters. The van der Waals surface area contributed by atoms with E-state index in [9.17, 15) is 0 Å². The van der Waals surface area contributed by atoms with Crippen LogP contribution in [0.1, 0.15) is 18.9 Å². The fraction of sp³-hybridized carbons (Fsp3) is 0.500. The number of hydrogen-bond acceptors (Lipinski definition) is 1. The van der Waals surface area contributed by atoms with Gasteiger partial charge in [0.2, 0.25) is 0 Å². The first kappa shape index (κ1) is 5.70. The third kappa shape index (κ3) is 0.976. The molecule has 1 aliphatic carbocycles. The Hall–Kier alpha value is -0.0600. The lowest BCUT2D eigenvalue weighted by Gasteiger charge is -1.96. The van der Waals surface area contributed by atoms with E-state index in [0.29, 0.717) is 0 Å². The first-order valence-electron chi connectivity index (χ1n) is 3.07. The number of rotatable bonds is 1. The van der Waals surface area contributed by atoms with Crippen molar-refractivity contribution in [1.82, 2.24) is 9.78 Å². The molecule has 0 amide bonds. The zero-order chi connectivity index (χ0) is 6.27. The molecule has 48 valence electrons. The fourth-order valence-electron chi connectivity index (χ4n) is 0.886. The molecule has 0 aromatic carbocycles. The van der Waals surface area contributed by atoms with E-state index in [0.717, 1.165) is 6.04 Å². The van der Waals surface area contributed by atoms with Crippen LogP contribution in [-0.4, -0.2) is 9.78 Å². The maximum Gasteiger partial charge on any atom is 0.0992 e. The van der Waals surface area contributed by atoms with Gasteiger partial charge in [0.25, 0.3) is 0 Å². The second kappa shape index (κ2) is 1.97. The highest BCUT2D eigenvalue weighted by Gasteiger charge is 2.25. The van der Waals surface area contributed by atoms with Crippen LogP contribution >= 0.6 is 22.6 Å². The van der Waals surface area contributed by atoms with Crippen molar-refractivity contribution in [2.75, 3.05) is 0 Å². The van der Waals surface area contributed by atoms with Gasteiger partial charge < -0.3 is 0 Å². The van der Waals surface area contributed by atoms with Gasteiger partial charge in [-0.05, 0) is 41.5 Å². The molecule has 0 bridgehead atoms. The maximum atomic E-state index is 4.19. The zero-order valence-corrected chi connectivity index (χ0v) is 7.08. The summed E-state index contributed by atoms with van der Waals surface area (Å²) in [7, 11) is 0. The van der Waals surface area contributed by atoms with Gasteiger partial charge in [0.1, 0.15) is 0 Å². The van der Waals surface area contributed by atoms with Gasteiger partial charge in [-0.2, -0.15) is 5.10 Å². The van der Waals surface area contributed by atoms with Crippen molar-refractivity contribution in [3.8, 4) is 0 Å². The van der Waals surface area contributed by atoms with Crippen LogP contribution in [0.3, 0.4) is 0 Å². The molecule has 0 aliphatic heterocycles. The quantitative estimate of drug-likeness (QED) is 0.677. The summed E-state index contributed by atoms with van der Waals surface area (Å²) >= 11 is 2.31.